The van der Waals surface area contributed by atoms with Gasteiger partial charge in [-0.05, 0) is 13.8 Å². The van der Waals surface area contributed by atoms with Crippen molar-refractivity contribution >= 4 is 34.9 Å². The fourth-order valence-corrected chi connectivity index (χ4v) is 0.788. The first-order valence-corrected chi connectivity index (χ1v) is 5.22. The molecule has 8 heteroatoms. The van der Waals surface area contributed by atoms with Crippen molar-refractivity contribution in [3.63, 3.8) is 0 Å². The minimum atomic E-state index is -0.918. The lowest BCUT2D eigenvalue weighted by molar-refractivity contribution is -0.139. The molecular weight excluding hydrogens is 244 g/mol. The molecule has 0 atom stereocenters. The fraction of sp³-hybridized carbons (Fsp3) is 0.556. The van der Waals surface area contributed by atoms with Gasteiger partial charge in [-0.2, -0.15) is 0 Å². The van der Waals surface area contributed by atoms with Crippen LogP contribution in [-0.4, -0.2) is 35.8 Å². The maximum atomic E-state index is 11.3. The molecule has 96 valence electrons. The van der Waals surface area contributed by atoms with Gasteiger partial charge in [-0.25, -0.2) is 0 Å². The van der Waals surface area contributed by atoms with Crippen LogP contribution in [0.3, 0.4) is 0 Å². The molecule has 0 aliphatic rings. The number of rotatable bonds is 5. The van der Waals surface area contributed by atoms with Gasteiger partial charge in [0.1, 0.15) is 0 Å². The highest BCUT2D eigenvalue weighted by atomic mass is 32.1. The van der Waals surface area contributed by atoms with Crippen molar-refractivity contribution in [2.45, 2.75) is 13.8 Å². The van der Waals surface area contributed by atoms with Crippen LogP contribution in [0.5, 0.6) is 0 Å². The molecular formula is C9H16N4O3S. The smallest absolute Gasteiger partial charge is 0.309 e. The van der Waals surface area contributed by atoms with E-state index >= 15 is 0 Å². The van der Waals surface area contributed by atoms with Crippen LogP contribution >= 0.6 is 12.2 Å². The summed E-state index contributed by atoms with van der Waals surface area (Å²) in [6.45, 7) is 3.04. The van der Waals surface area contributed by atoms with Gasteiger partial charge >= 0.3 is 11.8 Å². The molecule has 0 bridgehead atoms. The van der Waals surface area contributed by atoms with Gasteiger partial charge in [-0.1, -0.05) is 12.2 Å². The number of hydrogen-bond donors (Lipinski definition) is 4. The zero-order valence-corrected chi connectivity index (χ0v) is 10.5. The Kier molecular flexibility index (Phi) is 5.52. The van der Waals surface area contributed by atoms with Crippen molar-refractivity contribution < 1.29 is 14.4 Å². The molecule has 0 saturated heterocycles. The summed E-state index contributed by atoms with van der Waals surface area (Å²) in [5.74, 6) is -2.30. The highest BCUT2D eigenvalue weighted by molar-refractivity contribution is 7.80. The Balaban J connectivity index is 4.15. The van der Waals surface area contributed by atoms with Gasteiger partial charge in [0.25, 0.3) is 0 Å². The zero-order chi connectivity index (χ0) is 13.6. The predicted molar refractivity (Wildman–Crippen MR) is 65.8 cm³/mol. The summed E-state index contributed by atoms with van der Waals surface area (Å²) >= 11 is 4.53. The monoisotopic (exact) mass is 260 g/mol. The van der Waals surface area contributed by atoms with Crippen LogP contribution in [0.25, 0.3) is 0 Å². The van der Waals surface area contributed by atoms with E-state index < -0.39 is 23.1 Å². The number of carbonyl (C=O) groups is 3. The summed E-state index contributed by atoms with van der Waals surface area (Å²) in [6, 6.07) is 0. The molecule has 0 heterocycles. The molecule has 0 rings (SSSR count). The molecule has 0 unspecified atom stereocenters. The number of nitrogens with two attached hydrogens (primary N) is 2. The lowest BCUT2D eigenvalue weighted by Gasteiger charge is -2.20. The molecule has 0 aromatic heterocycles. The zero-order valence-electron chi connectivity index (χ0n) is 9.70. The lowest BCUT2D eigenvalue weighted by atomic mass is 9.93. The number of hydrogen-bond acceptors (Lipinski definition) is 4. The summed E-state index contributed by atoms with van der Waals surface area (Å²) in [6.07, 6.45) is 0. The lowest BCUT2D eigenvalue weighted by Crippen LogP contribution is -2.48. The summed E-state index contributed by atoms with van der Waals surface area (Å²) in [7, 11) is 0. The van der Waals surface area contributed by atoms with E-state index in [9.17, 15) is 14.4 Å². The Morgan fingerprint density at radius 2 is 1.59 bits per heavy atom. The topological polar surface area (TPSA) is 127 Å². The van der Waals surface area contributed by atoms with Gasteiger partial charge in [0.15, 0.2) is 0 Å². The summed E-state index contributed by atoms with van der Waals surface area (Å²) in [4.78, 5) is 33.5. The normalized spacial score (nSPS) is 10.5. The first-order chi connectivity index (χ1) is 7.66. The molecule has 0 aromatic carbocycles. The third-order valence-electron chi connectivity index (χ3n) is 1.99. The van der Waals surface area contributed by atoms with Crippen LogP contribution < -0.4 is 22.1 Å². The van der Waals surface area contributed by atoms with E-state index in [0.717, 1.165) is 0 Å². The van der Waals surface area contributed by atoms with Crippen molar-refractivity contribution in [1.29, 1.82) is 0 Å². The number of thiocarbonyl (C=S) groups is 1. The first-order valence-electron chi connectivity index (χ1n) is 4.81. The highest BCUT2D eigenvalue weighted by Gasteiger charge is 2.26. The summed E-state index contributed by atoms with van der Waals surface area (Å²) in [5.41, 5.74) is 9.34. The van der Waals surface area contributed by atoms with Gasteiger partial charge in [-0.3, -0.25) is 14.4 Å². The Bertz CT molecular complexity index is 354. The predicted octanol–water partition coefficient (Wildman–Crippen LogP) is -1.98. The van der Waals surface area contributed by atoms with Gasteiger partial charge in [0.05, 0.1) is 16.9 Å². The van der Waals surface area contributed by atoms with Crippen LogP contribution in [0, 0.1) is 5.41 Å². The molecule has 3 amide bonds. The largest absolute Gasteiger partial charge is 0.392 e. The molecule has 0 aliphatic heterocycles. The van der Waals surface area contributed by atoms with Crippen LogP contribution in [0.2, 0.25) is 0 Å². The molecule has 0 fully saturated rings. The Morgan fingerprint density at radius 3 is 2.00 bits per heavy atom. The standard InChI is InChI=1S/C9H16N4O3S/c1-9(2,8(11)16)4-13-7(15)6(14)12-3-5(10)17/h3-4H2,1-2H3,(H2,10,17)(H2,11,16)(H,12,14)(H,13,15). The average molecular weight is 260 g/mol. The quantitative estimate of drug-likeness (QED) is 0.336. The Labute approximate surface area is 104 Å². The van der Waals surface area contributed by atoms with E-state index in [0.29, 0.717) is 0 Å². The second-order valence-corrected chi connectivity index (χ2v) is 4.60. The average Bonchev–Trinajstić information content (AvgIpc) is 2.22. The van der Waals surface area contributed by atoms with E-state index in [2.05, 4.69) is 22.9 Å². The van der Waals surface area contributed by atoms with E-state index in [4.69, 9.17) is 11.5 Å². The molecule has 6 N–H and O–H groups in total. The molecule has 0 radical (unpaired) electrons. The van der Waals surface area contributed by atoms with Crippen molar-refractivity contribution in [2.75, 3.05) is 13.1 Å². The van der Waals surface area contributed by atoms with E-state index in [1.807, 2.05) is 0 Å². The maximum absolute atomic E-state index is 11.3. The van der Waals surface area contributed by atoms with Gasteiger partial charge < -0.3 is 22.1 Å². The third kappa shape index (κ3) is 5.81. The van der Waals surface area contributed by atoms with Crippen molar-refractivity contribution in [3.8, 4) is 0 Å². The SMILES string of the molecule is CC(C)(CNC(=O)C(=O)NCC(N)=S)C(N)=O. The molecule has 0 aromatic rings. The number of carbonyl (C=O) groups excluding carboxylic acids is 3. The van der Waals surface area contributed by atoms with E-state index in [1.165, 1.54) is 0 Å². The van der Waals surface area contributed by atoms with E-state index in [-0.39, 0.29) is 18.1 Å². The maximum Gasteiger partial charge on any atom is 0.309 e. The summed E-state index contributed by atoms with van der Waals surface area (Å²) < 4.78 is 0. The highest BCUT2D eigenvalue weighted by Crippen LogP contribution is 2.11. The molecule has 17 heavy (non-hydrogen) atoms. The van der Waals surface area contributed by atoms with Crippen LogP contribution in [0.15, 0.2) is 0 Å². The number of nitrogens with one attached hydrogen (secondary N) is 2. The Hall–Kier alpha value is -1.70. The second kappa shape index (κ2) is 6.14. The van der Waals surface area contributed by atoms with Gasteiger partial charge in [0.2, 0.25) is 5.91 Å². The molecule has 0 saturated carbocycles. The molecule has 7 nitrogen and oxygen atoms in total. The van der Waals surface area contributed by atoms with Crippen LogP contribution in [0.1, 0.15) is 13.8 Å². The van der Waals surface area contributed by atoms with Crippen LogP contribution in [-0.2, 0) is 14.4 Å². The number of amides is 3. The van der Waals surface area contributed by atoms with Crippen molar-refractivity contribution in [1.82, 2.24) is 10.6 Å². The fourth-order valence-electron chi connectivity index (χ4n) is 0.716. The Morgan fingerprint density at radius 1 is 1.12 bits per heavy atom. The molecule has 0 spiro atoms. The number of primary amides is 1. The van der Waals surface area contributed by atoms with Gasteiger partial charge in [-0.15, -0.1) is 0 Å². The minimum Gasteiger partial charge on any atom is -0.392 e. The van der Waals surface area contributed by atoms with Crippen LogP contribution in [0.4, 0.5) is 0 Å². The third-order valence-corrected chi connectivity index (χ3v) is 2.13. The van der Waals surface area contributed by atoms with Crippen molar-refractivity contribution in [2.24, 2.45) is 16.9 Å². The van der Waals surface area contributed by atoms with Gasteiger partial charge in [0, 0.05) is 6.54 Å². The minimum absolute atomic E-state index is 0.0261. The first kappa shape index (κ1) is 15.3. The van der Waals surface area contributed by atoms with Crippen molar-refractivity contribution in [3.05, 3.63) is 0 Å². The second-order valence-electron chi connectivity index (χ2n) is 4.08. The summed E-state index contributed by atoms with van der Waals surface area (Å²) in [5, 5.41) is 4.51. The molecule has 0 aliphatic carbocycles. The van der Waals surface area contributed by atoms with E-state index in [1.54, 1.807) is 13.8 Å².